The van der Waals surface area contributed by atoms with Gasteiger partial charge >= 0.3 is 0 Å². The molecule has 0 aromatic rings. The predicted octanol–water partition coefficient (Wildman–Crippen LogP) is 0.721. The highest BCUT2D eigenvalue weighted by Gasteiger charge is 2.72. The van der Waals surface area contributed by atoms with E-state index in [4.69, 9.17) is 5.21 Å². The van der Waals surface area contributed by atoms with Gasteiger partial charge in [0.1, 0.15) is 6.04 Å². The van der Waals surface area contributed by atoms with E-state index in [0.29, 0.717) is 5.92 Å². The maximum absolute atomic E-state index is 12.5. The molecule has 0 radical (unpaired) electrons. The summed E-state index contributed by atoms with van der Waals surface area (Å²) in [5.41, 5.74) is 1.52. The Morgan fingerprint density at radius 2 is 2.10 bits per heavy atom. The van der Waals surface area contributed by atoms with E-state index in [1.807, 2.05) is 5.48 Å². The van der Waals surface area contributed by atoms with Crippen LogP contribution in [0.4, 0.5) is 0 Å². The van der Waals surface area contributed by atoms with Crippen molar-refractivity contribution in [3.8, 4) is 0 Å². The third kappa shape index (κ3) is 1.46. The molecule has 2 N–H and O–H groups in total. The lowest BCUT2D eigenvalue weighted by atomic mass is 9.69. The number of amides is 1. The van der Waals surface area contributed by atoms with Crippen LogP contribution in [0.25, 0.3) is 0 Å². The van der Waals surface area contributed by atoms with E-state index in [0.717, 1.165) is 23.6 Å². The van der Waals surface area contributed by atoms with E-state index in [9.17, 15) is 13.2 Å². The highest BCUT2D eigenvalue weighted by molar-refractivity contribution is 7.90. The van der Waals surface area contributed by atoms with Crippen LogP contribution in [-0.2, 0) is 14.8 Å². The summed E-state index contributed by atoms with van der Waals surface area (Å²) in [4.78, 5) is 12.3. The molecule has 3 fully saturated rings. The Morgan fingerprint density at radius 1 is 1.45 bits per heavy atom. The SMILES string of the molecule is C[C@H](NO)C(=O)N1[C@H]2C[C@@H]3CC[C@@]2(CS1(=O)=O)C3(C)C. The summed E-state index contributed by atoms with van der Waals surface area (Å²) >= 11 is 0. The zero-order valence-corrected chi connectivity index (χ0v) is 12.9. The van der Waals surface area contributed by atoms with Gasteiger partial charge in [0.2, 0.25) is 10.0 Å². The van der Waals surface area contributed by atoms with E-state index in [1.165, 1.54) is 6.92 Å². The first-order valence-corrected chi connectivity index (χ1v) is 8.74. The molecule has 1 saturated heterocycles. The molecular formula is C13H22N2O4S. The maximum atomic E-state index is 12.5. The van der Waals surface area contributed by atoms with Gasteiger partial charge in [-0.2, -0.15) is 5.48 Å². The van der Waals surface area contributed by atoms with E-state index in [2.05, 4.69) is 13.8 Å². The topological polar surface area (TPSA) is 86.7 Å². The molecular weight excluding hydrogens is 280 g/mol. The Bertz CT molecular complexity index is 559. The summed E-state index contributed by atoms with van der Waals surface area (Å²) in [6, 6.07) is -1.13. The van der Waals surface area contributed by atoms with Crippen molar-refractivity contribution >= 4 is 15.9 Å². The first-order valence-electron chi connectivity index (χ1n) is 7.13. The number of fused-ring (bicyclic) bond motifs is 1. The molecule has 1 aliphatic heterocycles. The molecule has 2 saturated carbocycles. The van der Waals surface area contributed by atoms with Crippen LogP contribution in [0, 0.1) is 16.7 Å². The fourth-order valence-corrected chi connectivity index (χ4v) is 7.43. The van der Waals surface area contributed by atoms with Crippen molar-refractivity contribution in [3.05, 3.63) is 0 Å². The summed E-state index contributed by atoms with van der Waals surface area (Å²) in [6.07, 6.45) is 2.68. The molecule has 114 valence electrons. The number of sulfonamides is 1. The van der Waals surface area contributed by atoms with Crippen LogP contribution in [0.3, 0.4) is 0 Å². The average molecular weight is 302 g/mol. The molecule has 4 atom stereocenters. The van der Waals surface area contributed by atoms with E-state index >= 15 is 0 Å². The van der Waals surface area contributed by atoms with Gasteiger partial charge in [-0.05, 0) is 37.5 Å². The third-order valence-electron chi connectivity index (χ3n) is 6.19. The molecule has 1 heterocycles. The molecule has 6 nitrogen and oxygen atoms in total. The summed E-state index contributed by atoms with van der Waals surface area (Å²) in [6.45, 7) is 5.75. The van der Waals surface area contributed by atoms with Gasteiger partial charge in [0.25, 0.3) is 5.91 Å². The number of nitrogens with one attached hydrogen (secondary N) is 1. The normalized spacial score (nSPS) is 41.7. The number of hydrogen-bond donors (Lipinski definition) is 2. The molecule has 20 heavy (non-hydrogen) atoms. The number of carbonyl (C=O) groups excluding carboxylic acids is 1. The summed E-state index contributed by atoms with van der Waals surface area (Å²) in [5, 5.41) is 8.92. The lowest BCUT2D eigenvalue weighted by molar-refractivity contribution is -0.133. The van der Waals surface area contributed by atoms with Crippen molar-refractivity contribution in [3.63, 3.8) is 0 Å². The van der Waals surface area contributed by atoms with Crippen LogP contribution in [0.15, 0.2) is 0 Å². The minimum absolute atomic E-state index is 0.0460. The molecule has 0 unspecified atom stereocenters. The van der Waals surface area contributed by atoms with Crippen molar-refractivity contribution in [2.75, 3.05) is 5.75 Å². The molecule has 2 aliphatic carbocycles. The maximum Gasteiger partial charge on any atom is 0.255 e. The minimum atomic E-state index is -3.58. The Hall–Kier alpha value is -0.660. The van der Waals surface area contributed by atoms with Crippen LogP contribution >= 0.6 is 0 Å². The highest BCUT2D eigenvalue weighted by atomic mass is 32.2. The Labute approximate surface area is 119 Å². The number of carbonyl (C=O) groups is 1. The van der Waals surface area contributed by atoms with Gasteiger partial charge in [-0.15, -0.1) is 0 Å². The zero-order valence-electron chi connectivity index (χ0n) is 12.1. The van der Waals surface area contributed by atoms with Gasteiger partial charge < -0.3 is 5.21 Å². The van der Waals surface area contributed by atoms with E-state index in [1.54, 1.807) is 0 Å². The smallest absolute Gasteiger partial charge is 0.255 e. The van der Waals surface area contributed by atoms with Crippen molar-refractivity contribution in [1.82, 2.24) is 9.79 Å². The summed E-state index contributed by atoms with van der Waals surface area (Å²) < 4.78 is 26.1. The van der Waals surface area contributed by atoms with Crippen LogP contribution in [0.2, 0.25) is 0 Å². The number of rotatable bonds is 2. The van der Waals surface area contributed by atoms with Crippen molar-refractivity contribution in [2.45, 2.75) is 52.1 Å². The summed E-state index contributed by atoms with van der Waals surface area (Å²) in [5.74, 6) is 0.00586. The van der Waals surface area contributed by atoms with Gasteiger partial charge in [0, 0.05) is 5.41 Å². The summed E-state index contributed by atoms with van der Waals surface area (Å²) in [7, 11) is -3.58. The number of nitrogens with zero attached hydrogens (tertiary/aromatic N) is 1. The van der Waals surface area contributed by atoms with E-state index in [-0.39, 0.29) is 22.6 Å². The number of hydroxylamine groups is 1. The van der Waals surface area contributed by atoms with Gasteiger partial charge in [0.05, 0.1) is 11.8 Å². The van der Waals surface area contributed by atoms with Crippen molar-refractivity contribution in [1.29, 1.82) is 0 Å². The molecule has 3 rings (SSSR count). The molecule has 7 heteroatoms. The molecule has 1 amide bonds. The zero-order chi connectivity index (χ0) is 14.9. The lowest BCUT2D eigenvalue weighted by Crippen LogP contribution is -2.50. The van der Waals surface area contributed by atoms with Crippen LogP contribution in [0.5, 0.6) is 0 Å². The van der Waals surface area contributed by atoms with E-state index < -0.39 is 22.0 Å². The molecule has 1 spiro atoms. The minimum Gasteiger partial charge on any atom is -0.316 e. The predicted molar refractivity (Wildman–Crippen MR) is 72.4 cm³/mol. The Kier molecular flexibility index (Phi) is 2.82. The van der Waals surface area contributed by atoms with Crippen LogP contribution in [-0.4, -0.2) is 41.7 Å². The highest BCUT2D eigenvalue weighted by Crippen LogP contribution is 2.69. The molecule has 3 aliphatic rings. The van der Waals surface area contributed by atoms with Crippen LogP contribution < -0.4 is 5.48 Å². The monoisotopic (exact) mass is 302 g/mol. The second-order valence-corrected chi connectivity index (χ2v) is 8.95. The van der Waals surface area contributed by atoms with Gasteiger partial charge in [-0.1, -0.05) is 13.8 Å². The Morgan fingerprint density at radius 3 is 2.65 bits per heavy atom. The average Bonchev–Trinajstić information content (AvgIpc) is 2.83. The first kappa shape index (κ1) is 14.3. The number of hydrogen-bond acceptors (Lipinski definition) is 5. The molecule has 0 aromatic carbocycles. The second kappa shape index (κ2) is 3.96. The largest absolute Gasteiger partial charge is 0.316 e. The second-order valence-electron chi connectivity index (χ2n) is 7.11. The van der Waals surface area contributed by atoms with Gasteiger partial charge in [0.15, 0.2) is 0 Å². The van der Waals surface area contributed by atoms with Crippen LogP contribution in [0.1, 0.15) is 40.0 Å². The Balaban J connectivity index is 2.05. The standard InChI is InChI=1S/C13H22N2O4S/c1-8(14-17)11(16)15-10-6-9-4-5-13(10,12(9,2)3)7-20(15,18)19/h8-10,14,17H,4-7H2,1-3H3/t8-,9-,10-,13-/m0/s1. The first-order chi connectivity index (χ1) is 9.17. The third-order valence-corrected chi connectivity index (χ3v) is 8.11. The fraction of sp³-hybridized carbons (Fsp3) is 0.923. The van der Waals surface area contributed by atoms with Gasteiger partial charge in [-0.3, -0.25) is 4.79 Å². The van der Waals surface area contributed by atoms with Gasteiger partial charge in [-0.25, -0.2) is 12.7 Å². The quantitative estimate of drug-likeness (QED) is 0.734. The fourth-order valence-electron chi connectivity index (χ4n) is 4.83. The molecule has 2 bridgehead atoms. The molecule has 0 aromatic heterocycles. The van der Waals surface area contributed by atoms with Crippen molar-refractivity contribution < 1.29 is 18.4 Å². The van der Waals surface area contributed by atoms with Crippen molar-refractivity contribution in [2.24, 2.45) is 16.7 Å². The lowest BCUT2D eigenvalue weighted by Gasteiger charge is -2.37.